The van der Waals surface area contributed by atoms with E-state index in [9.17, 15) is 8.42 Å². The van der Waals surface area contributed by atoms with Crippen molar-refractivity contribution in [3.8, 4) is 0 Å². The average molecular weight is 400 g/mol. The third-order valence-electron chi connectivity index (χ3n) is 2.81. The molecule has 0 radical (unpaired) electrons. The molecule has 122 valence electrons. The first kappa shape index (κ1) is 19.0. The SMILES string of the molecule is CNCc1cc(S(=O)(=O)NCCN(C)CCOC)c(Br)s1. The van der Waals surface area contributed by atoms with E-state index >= 15 is 0 Å². The smallest absolute Gasteiger partial charge is 0.242 e. The van der Waals surface area contributed by atoms with Crippen molar-refractivity contribution in [2.24, 2.45) is 0 Å². The molecule has 9 heteroatoms. The molecule has 2 N–H and O–H groups in total. The Morgan fingerprint density at radius 2 is 2.14 bits per heavy atom. The second-order valence-corrected chi connectivity index (χ2v) is 8.76. The minimum absolute atomic E-state index is 0.303. The van der Waals surface area contributed by atoms with Gasteiger partial charge in [-0.2, -0.15) is 0 Å². The molecule has 0 spiro atoms. The standard InChI is InChI=1S/C12H22BrN3O3S2/c1-14-9-10-8-11(12(13)20-10)21(17,18)15-4-5-16(2)6-7-19-3/h8,14-15H,4-7,9H2,1-3H3. The van der Waals surface area contributed by atoms with E-state index in [0.717, 1.165) is 11.4 Å². The molecular weight excluding hydrogens is 378 g/mol. The van der Waals surface area contributed by atoms with Crippen LogP contribution in [0.1, 0.15) is 4.88 Å². The first-order valence-corrected chi connectivity index (χ1v) is 9.60. The largest absolute Gasteiger partial charge is 0.383 e. The summed E-state index contributed by atoms with van der Waals surface area (Å²) in [5.41, 5.74) is 0. The monoisotopic (exact) mass is 399 g/mol. The predicted octanol–water partition coefficient (Wildman–Crippen LogP) is 1.09. The Balaban J connectivity index is 2.57. The highest BCUT2D eigenvalue weighted by Crippen LogP contribution is 2.31. The lowest BCUT2D eigenvalue weighted by Crippen LogP contribution is -2.34. The number of halogens is 1. The van der Waals surface area contributed by atoms with Crippen LogP contribution >= 0.6 is 27.3 Å². The van der Waals surface area contributed by atoms with Crippen LogP contribution in [0.2, 0.25) is 0 Å². The number of thiophene rings is 1. The molecule has 6 nitrogen and oxygen atoms in total. The van der Waals surface area contributed by atoms with Crippen LogP contribution in [0.3, 0.4) is 0 Å². The average Bonchev–Trinajstić information content (AvgIpc) is 2.78. The molecule has 0 fully saturated rings. The highest BCUT2D eigenvalue weighted by molar-refractivity contribution is 9.11. The number of likely N-dealkylation sites (N-methyl/N-ethyl adjacent to an activating group) is 1. The minimum atomic E-state index is -3.48. The zero-order chi connectivity index (χ0) is 15.9. The summed E-state index contributed by atoms with van der Waals surface area (Å²) in [6, 6.07) is 1.70. The van der Waals surface area contributed by atoms with Crippen LogP contribution in [0.4, 0.5) is 0 Å². The molecule has 1 rings (SSSR count). The second-order valence-electron chi connectivity index (χ2n) is 4.57. The second kappa shape index (κ2) is 9.19. The highest BCUT2D eigenvalue weighted by Gasteiger charge is 2.20. The molecule has 0 saturated carbocycles. The van der Waals surface area contributed by atoms with Crippen LogP contribution in [-0.2, 0) is 21.3 Å². The van der Waals surface area contributed by atoms with Crippen LogP contribution in [-0.4, -0.2) is 60.8 Å². The molecule has 21 heavy (non-hydrogen) atoms. The van der Waals surface area contributed by atoms with Crippen molar-refractivity contribution in [2.45, 2.75) is 11.4 Å². The van der Waals surface area contributed by atoms with Gasteiger partial charge in [-0.15, -0.1) is 11.3 Å². The Bertz CT molecular complexity index is 534. The van der Waals surface area contributed by atoms with Gasteiger partial charge >= 0.3 is 0 Å². The summed E-state index contributed by atoms with van der Waals surface area (Å²) in [6.45, 7) is 3.05. The van der Waals surface area contributed by atoms with Gasteiger partial charge in [0.2, 0.25) is 10.0 Å². The summed E-state index contributed by atoms with van der Waals surface area (Å²) in [4.78, 5) is 3.29. The topological polar surface area (TPSA) is 70.7 Å². The van der Waals surface area contributed by atoms with E-state index in [1.165, 1.54) is 11.3 Å². The van der Waals surface area contributed by atoms with Crippen molar-refractivity contribution in [2.75, 3.05) is 47.4 Å². The zero-order valence-electron chi connectivity index (χ0n) is 12.5. The number of rotatable bonds is 10. The van der Waals surface area contributed by atoms with Crippen molar-refractivity contribution in [3.05, 3.63) is 14.7 Å². The first-order valence-electron chi connectivity index (χ1n) is 6.50. The summed E-state index contributed by atoms with van der Waals surface area (Å²) in [7, 11) is 1.93. The predicted molar refractivity (Wildman–Crippen MR) is 89.3 cm³/mol. The molecule has 0 aromatic carbocycles. The van der Waals surface area contributed by atoms with E-state index in [-0.39, 0.29) is 0 Å². The summed E-state index contributed by atoms with van der Waals surface area (Å²) >= 11 is 4.75. The number of nitrogens with zero attached hydrogens (tertiary/aromatic N) is 1. The number of ether oxygens (including phenoxy) is 1. The Kier molecular flexibility index (Phi) is 8.32. The maximum absolute atomic E-state index is 12.3. The van der Waals surface area contributed by atoms with E-state index in [0.29, 0.717) is 34.9 Å². The van der Waals surface area contributed by atoms with E-state index in [4.69, 9.17) is 4.74 Å². The van der Waals surface area contributed by atoms with Crippen LogP contribution < -0.4 is 10.0 Å². The van der Waals surface area contributed by atoms with Gasteiger partial charge in [0.05, 0.1) is 10.4 Å². The van der Waals surface area contributed by atoms with E-state index in [1.807, 2.05) is 19.0 Å². The molecule has 0 aliphatic carbocycles. The number of hydrogen-bond donors (Lipinski definition) is 2. The van der Waals surface area contributed by atoms with Gasteiger partial charge < -0.3 is 15.0 Å². The van der Waals surface area contributed by atoms with E-state index < -0.39 is 10.0 Å². The van der Waals surface area contributed by atoms with Crippen LogP contribution in [0.5, 0.6) is 0 Å². The normalized spacial score (nSPS) is 12.2. The number of sulfonamides is 1. The number of hydrogen-bond acceptors (Lipinski definition) is 6. The maximum atomic E-state index is 12.3. The van der Waals surface area contributed by atoms with Crippen molar-refractivity contribution >= 4 is 37.3 Å². The summed E-state index contributed by atoms with van der Waals surface area (Å²) in [6.07, 6.45) is 0. The molecule has 0 bridgehead atoms. The van der Waals surface area contributed by atoms with Crippen molar-refractivity contribution in [3.63, 3.8) is 0 Å². The summed E-state index contributed by atoms with van der Waals surface area (Å²) in [5, 5.41) is 3.01. The fraction of sp³-hybridized carbons (Fsp3) is 0.667. The first-order chi connectivity index (χ1) is 9.90. The van der Waals surface area contributed by atoms with Crippen molar-refractivity contribution in [1.29, 1.82) is 0 Å². The fourth-order valence-corrected chi connectivity index (χ4v) is 5.36. The molecule has 0 saturated heterocycles. The molecule has 0 aliphatic rings. The van der Waals surface area contributed by atoms with Gasteiger partial charge in [0, 0.05) is 38.2 Å². The van der Waals surface area contributed by atoms with Gasteiger partial charge in [0.25, 0.3) is 0 Å². The third-order valence-corrected chi connectivity index (χ3v) is 6.52. The van der Waals surface area contributed by atoms with E-state index in [1.54, 1.807) is 13.2 Å². The Morgan fingerprint density at radius 1 is 1.43 bits per heavy atom. The molecule has 0 amide bonds. The van der Waals surface area contributed by atoms with Crippen LogP contribution in [0.15, 0.2) is 14.7 Å². The zero-order valence-corrected chi connectivity index (χ0v) is 15.7. The lowest BCUT2D eigenvalue weighted by atomic mass is 10.5. The molecule has 1 aromatic heterocycles. The van der Waals surface area contributed by atoms with Gasteiger partial charge in [-0.3, -0.25) is 0 Å². The molecule has 0 atom stereocenters. The van der Waals surface area contributed by atoms with Gasteiger partial charge in [0.1, 0.15) is 4.90 Å². The van der Waals surface area contributed by atoms with Crippen molar-refractivity contribution < 1.29 is 13.2 Å². The summed E-state index contributed by atoms with van der Waals surface area (Å²) < 4.78 is 32.8. The summed E-state index contributed by atoms with van der Waals surface area (Å²) in [5.74, 6) is 0. The van der Waals surface area contributed by atoms with Gasteiger partial charge in [-0.05, 0) is 36.1 Å². The minimum Gasteiger partial charge on any atom is -0.383 e. The van der Waals surface area contributed by atoms with Gasteiger partial charge in [-0.25, -0.2) is 13.1 Å². The third kappa shape index (κ3) is 6.31. The highest BCUT2D eigenvalue weighted by atomic mass is 79.9. The Morgan fingerprint density at radius 3 is 2.76 bits per heavy atom. The van der Waals surface area contributed by atoms with Gasteiger partial charge in [0.15, 0.2) is 0 Å². The lowest BCUT2D eigenvalue weighted by Gasteiger charge is -2.16. The molecular formula is C12H22BrN3O3S2. The van der Waals surface area contributed by atoms with E-state index in [2.05, 4.69) is 26.0 Å². The Labute approximate surface area is 139 Å². The van der Waals surface area contributed by atoms with Crippen LogP contribution in [0.25, 0.3) is 0 Å². The quantitative estimate of drug-likeness (QED) is 0.615. The fourth-order valence-electron chi connectivity index (χ4n) is 1.65. The number of methoxy groups -OCH3 is 1. The maximum Gasteiger partial charge on any atom is 0.242 e. The number of nitrogens with one attached hydrogen (secondary N) is 2. The van der Waals surface area contributed by atoms with Crippen molar-refractivity contribution in [1.82, 2.24) is 14.9 Å². The Hall–Kier alpha value is -0.0300. The van der Waals surface area contributed by atoms with Crippen LogP contribution in [0, 0.1) is 0 Å². The van der Waals surface area contributed by atoms with Gasteiger partial charge in [-0.1, -0.05) is 0 Å². The lowest BCUT2D eigenvalue weighted by molar-refractivity contribution is 0.162. The molecule has 0 unspecified atom stereocenters. The molecule has 0 aliphatic heterocycles. The molecule has 1 heterocycles. The molecule has 1 aromatic rings.